The molecular weight excluding hydrogens is 347 g/mol. The summed E-state index contributed by atoms with van der Waals surface area (Å²) < 4.78 is 4.93. The first-order valence-corrected chi connectivity index (χ1v) is 5.75. The molecule has 0 bridgehead atoms. The number of halogens is 1. The first kappa shape index (κ1) is 19.8. The van der Waals surface area contributed by atoms with Crippen LogP contribution in [0.2, 0.25) is 0 Å². The van der Waals surface area contributed by atoms with E-state index in [0.29, 0.717) is 25.7 Å². The maximum atomic E-state index is 11.1. The topological polar surface area (TPSA) is 88.7 Å². The molecular formula is C11H25IN4O2. The fourth-order valence-corrected chi connectivity index (χ4v) is 0.968. The van der Waals surface area contributed by atoms with E-state index in [1.807, 2.05) is 6.92 Å². The monoisotopic (exact) mass is 372 g/mol. The zero-order valence-corrected chi connectivity index (χ0v) is 13.9. The molecule has 0 radical (unpaired) electrons. The molecule has 4 N–H and O–H groups in total. The van der Waals surface area contributed by atoms with Crippen molar-refractivity contribution >= 4 is 35.8 Å². The number of methoxy groups -OCH3 is 1. The van der Waals surface area contributed by atoms with Crippen molar-refractivity contribution in [3.63, 3.8) is 0 Å². The summed E-state index contributed by atoms with van der Waals surface area (Å²) in [7, 11) is 1.64. The predicted molar refractivity (Wildman–Crippen MR) is 84.2 cm³/mol. The van der Waals surface area contributed by atoms with Gasteiger partial charge in [0.15, 0.2) is 5.96 Å². The average Bonchev–Trinajstić information content (AvgIpc) is 2.26. The highest BCUT2D eigenvalue weighted by molar-refractivity contribution is 14.0. The van der Waals surface area contributed by atoms with Gasteiger partial charge in [-0.25, -0.2) is 0 Å². The second kappa shape index (κ2) is 10.4. The van der Waals surface area contributed by atoms with E-state index >= 15 is 0 Å². The van der Waals surface area contributed by atoms with E-state index in [1.165, 1.54) is 0 Å². The van der Waals surface area contributed by atoms with Gasteiger partial charge in [-0.2, -0.15) is 0 Å². The van der Waals surface area contributed by atoms with Crippen molar-refractivity contribution in [1.29, 1.82) is 0 Å². The van der Waals surface area contributed by atoms with Crippen molar-refractivity contribution in [3.05, 3.63) is 0 Å². The lowest BCUT2D eigenvalue weighted by atomic mass is 9.93. The SMILES string of the molecule is CCNC(=NCC(C)(C)C(N)=O)NCCOC.I. The number of hydrogen-bond acceptors (Lipinski definition) is 3. The van der Waals surface area contributed by atoms with E-state index in [1.54, 1.807) is 21.0 Å². The van der Waals surface area contributed by atoms with Crippen LogP contribution in [0.4, 0.5) is 0 Å². The van der Waals surface area contributed by atoms with Gasteiger partial charge >= 0.3 is 0 Å². The van der Waals surface area contributed by atoms with Crippen LogP contribution < -0.4 is 16.4 Å². The van der Waals surface area contributed by atoms with Gasteiger partial charge in [-0.1, -0.05) is 0 Å². The fourth-order valence-electron chi connectivity index (χ4n) is 0.968. The third-order valence-corrected chi connectivity index (χ3v) is 2.24. The Morgan fingerprint density at radius 3 is 2.44 bits per heavy atom. The highest BCUT2D eigenvalue weighted by Crippen LogP contribution is 2.13. The molecule has 6 nitrogen and oxygen atoms in total. The number of guanidine groups is 1. The molecule has 0 aromatic heterocycles. The van der Waals surface area contributed by atoms with Crippen LogP contribution in [-0.4, -0.2) is 45.2 Å². The van der Waals surface area contributed by atoms with Crippen molar-refractivity contribution in [2.24, 2.45) is 16.1 Å². The Balaban J connectivity index is 0. The molecule has 0 unspecified atom stereocenters. The first-order chi connectivity index (χ1) is 7.94. The molecule has 18 heavy (non-hydrogen) atoms. The van der Waals surface area contributed by atoms with E-state index in [-0.39, 0.29) is 29.9 Å². The normalized spacial score (nSPS) is 11.7. The molecule has 0 aromatic carbocycles. The van der Waals surface area contributed by atoms with Gasteiger partial charge in [0.1, 0.15) is 0 Å². The van der Waals surface area contributed by atoms with Gasteiger partial charge in [0.25, 0.3) is 0 Å². The maximum Gasteiger partial charge on any atom is 0.224 e. The molecule has 7 heteroatoms. The molecule has 0 aliphatic rings. The van der Waals surface area contributed by atoms with Crippen molar-refractivity contribution in [2.75, 3.05) is 33.4 Å². The fraction of sp³-hybridized carbons (Fsp3) is 0.818. The van der Waals surface area contributed by atoms with Crippen molar-refractivity contribution in [1.82, 2.24) is 10.6 Å². The smallest absolute Gasteiger partial charge is 0.224 e. The summed E-state index contributed by atoms with van der Waals surface area (Å²) in [5, 5.41) is 6.18. The van der Waals surface area contributed by atoms with Crippen LogP contribution in [0.1, 0.15) is 20.8 Å². The van der Waals surface area contributed by atoms with Gasteiger partial charge in [-0.05, 0) is 20.8 Å². The number of aliphatic imine (C=N–C) groups is 1. The summed E-state index contributed by atoms with van der Waals surface area (Å²) in [5.41, 5.74) is 4.65. The molecule has 0 saturated heterocycles. The molecule has 0 rings (SSSR count). The molecule has 0 spiro atoms. The molecule has 0 aromatic rings. The summed E-state index contributed by atoms with van der Waals surface area (Å²) in [5.74, 6) is 0.313. The summed E-state index contributed by atoms with van der Waals surface area (Å²) in [6, 6.07) is 0. The Hall–Kier alpha value is -0.570. The number of nitrogens with two attached hydrogens (primary N) is 1. The minimum Gasteiger partial charge on any atom is -0.383 e. The van der Waals surface area contributed by atoms with Crippen LogP contribution in [0.3, 0.4) is 0 Å². The van der Waals surface area contributed by atoms with Gasteiger partial charge in [0, 0.05) is 20.2 Å². The molecule has 0 heterocycles. The number of hydrogen-bond donors (Lipinski definition) is 3. The maximum absolute atomic E-state index is 11.1. The molecule has 108 valence electrons. The minimum atomic E-state index is -0.635. The summed E-state index contributed by atoms with van der Waals surface area (Å²) in [4.78, 5) is 15.5. The third kappa shape index (κ3) is 8.51. The molecule has 0 fully saturated rings. The predicted octanol–water partition coefficient (Wildman–Crippen LogP) is 0.317. The first-order valence-electron chi connectivity index (χ1n) is 5.75. The van der Waals surface area contributed by atoms with Gasteiger partial charge in [0.2, 0.25) is 5.91 Å². The number of amides is 1. The lowest BCUT2D eigenvalue weighted by Gasteiger charge is -2.19. The largest absolute Gasteiger partial charge is 0.383 e. The van der Waals surface area contributed by atoms with Crippen LogP contribution in [-0.2, 0) is 9.53 Å². The van der Waals surface area contributed by atoms with Crippen LogP contribution in [0.25, 0.3) is 0 Å². The number of nitrogens with zero attached hydrogens (tertiary/aromatic N) is 1. The molecule has 0 aliphatic carbocycles. The summed E-state index contributed by atoms with van der Waals surface area (Å²) in [6.07, 6.45) is 0. The number of primary amides is 1. The molecule has 1 amide bonds. The molecule has 0 saturated carbocycles. The van der Waals surface area contributed by atoms with Crippen LogP contribution in [0.15, 0.2) is 4.99 Å². The van der Waals surface area contributed by atoms with E-state index in [4.69, 9.17) is 10.5 Å². The van der Waals surface area contributed by atoms with Crippen molar-refractivity contribution < 1.29 is 9.53 Å². The van der Waals surface area contributed by atoms with Crippen LogP contribution in [0, 0.1) is 5.41 Å². The number of rotatable bonds is 7. The summed E-state index contributed by atoms with van der Waals surface area (Å²) >= 11 is 0. The van der Waals surface area contributed by atoms with E-state index in [2.05, 4.69) is 15.6 Å². The highest BCUT2D eigenvalue weighted by Gasteiger charge is 2.24. The van der Waals surface area contributed by atoms with Crippen molar-refractivity contribution in [3.8, 4) is 0 Å². The summed E-state index contributed by atoms with van der Waals surface area (Å²) in [6.45, 7) is 7.91. The Labute approximate surface area is 126 Å². The number of carbonyl (C=O) groups excluding carboxylic acids is 1. The second-order valence-electron chi connectivity index (χ2n) is 4.36. The zero-order chi connectivity index (χ0) is 13.3. The van der Waals surface area contributed by atoms with Crippen LogP contribution >= 0.6 is 24.0 Å². The quantitative estimate of drug-likeness (QED) is 0.260. The Morgan fingerprint density at radius 1 is 1.39 bits per heavy atom. The lowest BCUT2D eigenvalue weighted by molar-refractivity contribution is -0.125. The standard InChI is InChI=1S/C11H24N4O2.HI/c1-5-13-10(14-6-7-17-4)15-8-11(2,3)9(12)16;/h5-8H2,1-4H3,(H2,12,16)(H2,13,14,15);1H. The average molecular weight is 372 g/mol. The van der Waals surface area contributed by atoms with E-state index in [0.717, 1.165) is 6.54 Å². The third-order valence-electron chi connectivity index (χ3n) is 2.24. The van der Waals surface area contributed by atoms with E-state index in [9.17, 15) is 4.79 Å². The Kier molecular flexibility index (Phi) is 11.4. The van der Waals surface area contributed by atoms with Gasteiger partial charge in [-0.3, -0.25) is 9.79 Å². The van der Waals surface area contributed by atoms with E-state index < -0.39 is 5.41 Å². The van der Waals surface area contributed by atoms with Crippen molar-refractivity contribution in [2.45, 2.75) is 20.8 Å². The Bertz CT molecular complexity index is 270. The van der Waals surface area contributed by atoms with Crippen LogP contribution in [0.5, 0.6) is 0 Å². The zero-order valence-electron chi connectivity index (χ0n) is 11.6. The lowest BCUT2D eigenvalue weighted by Crippen LogP contribution is -2.41. The van der Waals surface area contributed by atoms with Gasteiger partial charge in [0.05, 0.1) is 18.6 Å². The second-order valence-corrected chi connectivity index (χ2v) is 4.36. The highest BCUT2D eigenvalue weighted by atomic mass is 127. The number of ether oxygens (including phenoxy) is 1. The number of carbonyl (C=O) groups is 1. The van der Waals surface area contributed by atoms with Gasteiger partial charge < -0.3 is 21.1 Å². The minimum absolute atomic E-state index is 0. The molecule has 0 aliphatic heterocycles. The van der Waals surface area contributed by atoms with Gasteiger partial charge in [-0.15, -0.1) is 24.0 Å². The molecule has 0 atom stereocenters. The number of nitrogens with one attached hydrogen (secondary N) is 2. The Morgan fingerprint density at radius 2 is 2.00 bits per heavy atom.